The zero-order valence-corrected chi connectivity index (χ0v) is 12.2. The highest BCUT2D eigenvalue weighted by Gasteiger charge is 2.29. The van der Waals surface area contributed by atoms with Crippen molar-refractivity contribution >= 4 is 17.2 Å². The van der Waals surface area contributed by atoms with E-state index in [0.29, 0.717) is 5.69 Å². The minimum atomic E-state index is 0.0419. The number of thiazole rings is 1. The molecule has 1 unspecified atom stereocenters. The number of benzene rings is 1. The molecule has 1 saturated heterocycles. The molecule has 1 aliphatic rings. The number of piperazine rings is 1. The Balaban J connectivity index is 1.78. The number of amides is 1. The molecule has 1 aromatic carbocycles. The van der Waals surface area contributed by atoms with Crippen LogP contribution in [0.2, 0.25) is 0 Å². The average Bonchev–Trinajstić information content (AvgIpc) is 3.02. The maximum absolute atomic E-state index is 12.4. The van der Waals surface area contributed by atoms with Gasteiger partial charge in [0.05, 0.1) is 11.6 Å². The van der Waals surface area contributed by atoms with Crippen molar-refractivity contribution in [3.63, 3.8) is 0 Å². The molecule has 0 N–H and O–H groups in total. The van der Waals surface area contributed by atoms with Gasteiger partial charge < -0.3 is 4.90 Å². The molecule has 0 aliphatic carbocycles. The number of aromatic nitrogens is 1. The second-order valence-corrected chi connectivity index (χ2v) is 5.75. The molecular formula is C15H17N3OS. The Bertz CT molecular complexity index is 570. The molecule has 1 atom stereocenters. The van der Waals surface area contributed by atoms with Gasteiger partial charge in [-0.2, -0.15) is 0 Å². The highest BCUT2D eigenvalue weighted by atomic mass is 32.1. The first-order valence-electron chi connectivity index (χ1n) is 6.68. The van der Waals surface area contributed by atoms with E-state index in [1.807, 2.05) is 28.5 Å². The van der Waals surface area contributed by atoms with Crippen LogP contribution in [0.4, 0.5) is 0 Å². The monoisotopic (exact) mass is 287 g/mol. The highest BCUT2D eigenvalue weighted by Crippen LogP contribution is 2.24. The molecular weight excluding hydrogens is 270 g/mol. The zero-order valence-electron chi connectivity index (χ0n) is 11.4. The summed E-state index contributed by atoms with van der Waals surface area (Å²) in [7, 11) is 2.11. The van der Waals surface area contributed by atoms with Crippen LogP contribution in [0.25, 0.3) is 0 Å². The van der Waals surface area contributed by atoms with Gasteiger partial charge in [-0.1, -0.05) is 30.3 Å². The first-order valence-corrected chi connectivity index (χ1v) is 7.62. The summed E-state index contributed by atoms with van der Waals surface area (Å²) in [5.41, 5.74) is 3.52. The Hall–Kier alpha value is -1.72. The van der Waals surface area contributed by atoms with Gasteiger partial charge in [0.15, 0.2) is 0 Å². The minimum absolute atomic E-state index is 0.0419. The van der Waals surface area contributed by atoms with Crippen molar-refractivity contribution in [1.82, 2.24) is 14.8 Å². The van der Waals surface area contributed by atoms with Crippen molar-refractivity contribution < 1.29 is 4.79 Å². The van der Waals surface area contributed by atoms with E-state index in [2.05, 4.69) is 29.1 Å². The van der Waals surface area contributed by atoms with E-state index in [1.54, 1.807) is 5.51 Å². The van der Waals surface area contributed by atoms with Crippen LogP contribution in [0.5, 0.6) is 0 Å². The van der Waals surface area contributed by atoms with Crippen molar-refractivity contribution in [1.29, 1.82) is 0 Å². The van der Waals surface area contributed by atoms with Crippen LogP contribution in [0.3, 0.4) is 0 Å². The summed E-state index contributed by atoms with van der Waals surface area (Å²) in [6.07, 6.45) is 0. The average molecular weight is 287 g/mol. The van der Waals surface area contributed by atoms with Crippen molar-refractivity contribution in [3.8, 4) is 0 Å². The van der Waals surface area contributed by atoms with E-state index in [0.717, 1.165) is 19.6 Å². The van der Waals surface area contributed by atoms with Crippen LogP contribution in [-0.2, 0) is 0 Å². The van der Waals surface area contributed by atoms with Gasteiger partial charge in [0.1, 0.15) is 5.69 Å². The number of nitrogens with zero attached hydrogens (tertiary/aromatic N) is 3. The van der Waals surface area contributed by atoms with Crippen molar-refractivity contribution in [2.45, 2.75) is 6.04 Å². The third-order valence-corrected chi connectivity index (χ3v) is 4.36. The van der Waals surface area contributed by atoms with Crippen LogP contribution in [-0.4, -0.2) is 47.4 Å². The van der Waals surface area contributed by atoms with Crippen LogP contribution < -0.4 is 0 Å². The minimum Gasteiger partial charge on any atom is -0.334 e. The molecule has 20 heavy (non-hydrogen) atoms. The van der Waals surface area contributed by atoms with Crippen LogP contribution >= 0.6 is 11.3 Å². The lowest BCUT2D eigenvalue weighted by molar-refractivity contribution is 0.0541. The molecule has 1 amide bonds. The molecule has 2 aromatic rings. The third kappa shape index (κ3) is 2.59. The smallest absolute Gasteiger partial charge is 0.273 e. The maximum atomic E-state index is 12.4. The molecule has 0 saturated carbocycles. The molecule has 2 heterocycles. The fourth-order valence-electron chi connectivity index (χ4n) is 2.57. The second kappa shape index (κ2) is 5.73. The first-order chi connectivity index (χ1) is 9.75. The second-order valence-electron chi connectivity index (χ2n) is 5.03. The summed E-state index contributed by atoms with van der Waals surface area (Å²) in [5.74, 6) is 0.0419. The van der Waals surface area contributed by atoms with Crippen molar-refractivity contribution in [2.24, 2.45) is 0 Å². The lowest BCUT2D eigenvalue weighted by Crippen LogP contribution is -2.49. The summed E-state index contributed by atoms with van der Waals surface area (Å²) in [4.78, 5) is 20.7. The molecule has 3 rings (SSSR count). The van der Waals surface area contributed by atoms with Gasteiger partial charge in [-0.15, -0.1) is 11.3 Å². The van der Waals surface area contributed by atoms with E-state index in [4.69, 9.17) is 0 Å². The summed E-state index contributed by atoms with van der Waals surface area (Å²) in [5, 5.41) is 1.82. The van der Waals surface area contributed by atoms with Gasteiger partial charge in [-0.3, -0.25) is 9.69 Å². The quantitative estimate of drug-likeness (QED) is 0.850. The molecule has 4 nitrogen and oxygen atoms in total. The third-order valence-electron chi connectivity index (χ3n) is 3.77. The number of hydrogen-bond donors (Lipinski definition) is 0. The molecule has 1 fully saturated rings. The van der Waals surface area contributed by atoms with Gasteiger partial charge in [0.2, 0.25) is 0 Å². The molecule has 0 spiro atoms. The lowest BCUT2D eigenvalue weighted by Gasteiger charge is -2.39. The van der Waals surface area contributed by atoms with E-state index < -0.39 is 0 Å². The maximum Gasteiger partial charge on any atom is 0.273 e. The van der Waals surface area contributed by atoms with E-state index in [9.17, 15) is 4.79 Å². The van der Waals surface area contributed by atoms with Crippen LogP contribution in [0, 0.1) is 0 Å². The number of hydrogen-bond acceptors (Lipinski definition) is 4. The predicted octanol–water partition coefficient (Wildman–Crippen LogP) is 2.27. The Morgan fingerprint density at radius 3 is 2.80 bits per heavy atom. The van der Waals surface area contributed by atoms with E-state index in [1.165, 1.54) is 16.9 Å². The number of rotatable bonds is 2. The largest absolute Gasteiger partial charge is 0.334 e. The number of likely N-dealkylation sites (N-methyl/N-ethyl adjacent to an activating group) is 1. The summed E-state index contributed by atoms with van der Waals surface area (Å²) in [6.45, 7) is 2.36. The molecule has 0 radical (unpaired) electrons. The van der Waals surface area contributed by atoms with Gasteiger partial charge >= 0.3 is 0 Å². The fourth-order valence-corrected chi connectivity index (χ4v) is 3.10. The SMILES string of the molecule is CN1CCN(C(=O)c2cscn2)CC1c1ccccc1. The highest BCUT2D eigenvalue weighted by molar-refractivity contribution is 7.07. The standard InChI is InChI=1S/C15H17N3OS/c1-17-7-8-18(15(19)13-10-20-11-16-13)9-14(17)12-5-3-2-4-6-12/h2-6,10-11,14H,7-9H2,1H3. The molecule has 1 aliphatic heterocycles. The number of carbonyl (C=O) groups is 1. The molecule has 104 valence electrons. The van der Waals surface area contributed by atoms with Gasteiger partial charge in [0, 0.05) is 25.0 Å². The number of carbonyl (C=O) groups excluding carboxylic acids is 1. The Morgan fingerprint density at radius 1 is 1.30 bits per heavy atom. The summed E-state index contributed by atoms with van der Waals surface area (Å²) >= 11 is 1.46. The first kappa shape index (κ1) is 13.3. The van der Waals surface area contributed by atoms with Crippen LogP contribution in [0.1, 0.15) is 22.1 Å². The van der Waals surface area contributed by atoms with Gasteiger partial charge in [-0.25, -0.2) is 4.98 Å². The molecule has 5 heteroatoms. The molecule has 0 bridgehead atoms. The summed E-state index contributed by atoms with van der Waals surface area (Å²) in [6, 6.07) is 10.6. The van der Waals surface area contributed by atoms with Crippen molar-refractivity contribution in [3.05, 3.63) is 52.5 Å². The normalized spacial score (nSPS) is 20.1. The van der Waals surface area contributed by atoms with E-state index in [-0.39, 0.29) is 11.9 Å². The molecule has 1 aromatic heterocycles. The Kier molecular flexibility index (Phi) is 3.80. The lowest BCUT2D eigenvalue weighted by atomic mass is 10.0. The van der Waals surface area contributed by atoms with Crippen LogP contribution in [0.15, 0.2) is 41.2 Å². The van der Waals surface area contributed by atoms with Gasteiger partial charge in [-0.05, 0) is 12.6 Å². The zero-order chi connectivity index (χ0) is 13.9. The summed E-state index contributed by atoms with van der Waals surface area (Å²) < 4.78 is 0. The Labute approximate surface area is 122 Å². The van der Waals surface area contributed by atoms with E-state index >= 15 is 0 Å². The van der Waals surface area contributed by atoms with Crippen molar-refractivity contribution in [2.75, 3.05) is 26.7 Å². The Morgan fingerprint density at radius 2 is 2.10 bits per heavy atom. The predicted molar refractivity (Wildman–Crippen MR) is 79.8 cm³/mol. The van der Waals surface area contributed by atoms with Gasteiger partial charge in [0.25, 0.3) is 5.91 Å². The fraction of sp³-hybridized carbons (Fsp3) is 0.333. The topological polar surface area (TPSA) is 36.4 Å².